The van der Waals surface area contributed by atoms with Gasteiger partial charge in [-0.3, -0.25) is 4.79 Å². The number of halogens is 1. The van der Waals surface area contributed by atoms with E-state index in [1.54, 1.807) is 0 Å². The molecule has 1 saturated carbocycles. The SMILES string of the molecule is O=C([C@@H](NI)C1CCCCC1)N1CCCCC1. The highest BCUT2D eigenvalue weighted by atomic mass is 127. The Morgan fingerprint density at radius 3 is 2.24 bits per heavy atom. The molecule has 1 aliphatic carbocycles. The van der Waals surface area contributed by atoms with E-state index in [9.17, 15) is 4.79 Å². The molecule has 1 N–H and O–H groups in total. The first-order valence-electron chi connectivity index (χ1n) is 6.98. The van der Waals surface area contributed by atoms with Crippen molar-refractivity contribution in [2.45, 2.75) is 57.4 Å². The molecular weight excluding hydrogens is 327 g/mol. The molecule has 1 heterocycles. The van der Waals surface area contributed by atoms with Crippen LogP contribution in [0.3, 0.4) is 0 Å². The molecular formula is C13H23IN2O. The monoisotopic (exact) mass is 350 g/mol. The van der Waals surface area contributed by atoms with Crippen molar-refractivity contribution < 1.29 is 4.79 Å². The molecule has 1 saturated heterocycles. The minimum Gasteiger partial charge on any atom is -0.341 e. The van der Waals surface area contributed by atoms with Crippen molar-refractivity contribution in [3.63, 3.8) is 0 Å². The van der Waals surface area contributed by atoms with Gasteiger partial charge in [0.15, 0.2) is 0 Å². The number of carbonyl (C=O) groups is 1. The second-order valence-electron chi connectivity index (χ2n) is 5.37. The van der Waals surface area contributed by atoms with Crippen LogP contribution in [0.1, 0.15) is 51.4 Å². The largest absolute Gasteiger partial charge is 0.341 e. The lowest BCUT2D eigenvalue weighted by Gasteiger charge is -2.34. The fourth-order valence-electron chi connectivity index (χ4n) is 3.12. The summed E-state index contributed by atoms with van der Waals surface area (Å²) in [7, 11) is 0. The van der Waals surface area contributed by atoms with Gasteiger partial charge in [0.2, 0.25) is 5.91 Å². The van der Waals surface area contributed by atoms with E-state index in [4.69, 9.17) is 0 Å². The molecule has 0 aromatic rings. The zero-order valence-corrected chi connectivity index (χ0v) is 12.6. The van der Waals surface area contributed by atoms with Crippen molar-refractivity contribution in [2.75, 3.05) is 13.1 Å². The maximum absolute atomic E-state index is 12.5. The number of carbonyl (C=O) groups excluding carboxylic acids is 1. The molecule has 0 aromatic carbocycles. The first-order chi connectivity index (χ1) is 8.33. The number of rotatable bonds is 3. The summed E-state index contributed by atoms with van der Waals surface area (Å²) < 4.78 is 3.25. The highest BCUT2D eigenvalue weighted by molar-refractivity contribution is 14.1. The lowest BCUT2D eigenvalue weighted by atomic mass is 9.83. The van der Waals surface area contributed by atoms with Gasteiger partial charge in [0.1, 0.15) is 0 Å². The molecule has 4 heteroatoms. The predicted molar refractivity (Wildman–Crippen MR) is 77.9 cm³/mol. The fraction of sp³-hybridized carbons (Fsp3) is 0.923. The molecule has 2 aliphatic rings. The van der Waals surface area contributed by atoms with Crippen LogP contribution in [0.15, 0.2) is 0 Å². The smallest absolute Gasteiger partial charge is 0.240 e. The Kier molecular flexibility index (Phi) is 5.53. The zero-order valence-electron chi connectivity index (χ0n) is 10.5. The van der Waals surface area contributed by atoms with E-state index >= 15 is 0 Å². The van der Waals surface area contributed by atoms with Gasteiger partial charge in [-0.25, -0.2) is 3.53 Å². The average molecular weight is 350 g/mol. The highest BCUT2D eigenvalue weighted by Crippen LogP contribution is 2.28. The Labute approximate surface area is 118 Å². The van der Waals surface area contributed by atoms with Crippen molar-refractivity contribution in [1.29, 1.82) is 0 Å². The lowest BCUT2D eigenvalue weighted by Crippen LogP contribution is -2.49. The van der Waals surface area contributed by atoms with Crippen LogP contribution in [0.4, 0.5) is 0 Å². The number of hydrogen-bond donors (Lipinski definition) is 1. The van der Waals surface area contributed by atoms with E-state index in [0.717, 1.165) is 13.1 Å². The van der Waals surface area contributed by atoms with Gasteiger partial charge >= 0.3 is 0 Å². The van der Waals surface area contributed by atoms with Gasteiger partial charge in [-0.1, -0.05) is 19.3 Å². The minimum atomic E-state index is 0.0639. The third-order valence-electron chi connectivity index (χ3n) is 4.17. The van der Waals surface area contributed by atoms with Crippen LogP contribution in [0, 0.1) is 5.92 Å². The molecule has 1 aliphatic heterocycles. The molecule has 0 aromatic heterocycles. The van der Waals surface area contributed by atoms with E-state index in [-0.39, 0.29) is 6.04 Å². The Morgan fingerprint density at radius 1 is 1.06 bits per heavy atom. The van der Waals surface area contributed by atoms with E-state index in [0.29, 0.717) is 11.8 Å². The number of hydrogen-bond acceptors (Lipinski definition) is 2. The van der Waals surface area contributed by atoms with Gasteiger partial charge in [0.05, 0.1) is 6.04 Å². The molecule has 3 nitrogen and oxygen atoms in total. The van der Waals surface area contributed by atoms with Crippen LogP contribution in [0.5, 0.6) is 0 Å². The maximum Gasteiger partial charge on any atom is 0.240 e. The molecule has 2 rings (SSSR count). The molecule has 2 fully saturated rings. The van der Waals surface area contributed by atoms with E-state index in [2.05, 4.69) is 31.3 Å². The van der Waals surface area contributed by atoms with Crippen LogP contribution < -0.4 is 3.53 Å². The quantitative estimate of drug-likeness (QED) is 0.627. The molecule has 0 unspecified atom stereocenters. The van der Waals surface area contributed by atoms with E-state index in [1.165, 1.54) is 51.4 Å². The number of amides is 1. The predicted octanol–water partition coefficient (Wildman–Crippen LogP) is 2.89. The van der Waals surface area contributed by atoms with Crippen molar-refractivity contribution in [3.8, 4) is 0 Å². The van der Waals surface area contributed by atoms with Gasteiger partial charge in [0.25, 0.3) is 0 Å². The summed E-state index contributed by atoms with van der Waals surface area (Å²) in [6.45, 7) is 1.95. The molecule has 0 radical (unpaired) electrons. The first-order valence-corrected chi connectivity index (χ1v) is 8.06. The van der Waals surface area contributed by atoms with Crippen LogP contribution >= 0.6 is 22.9 Å². The van der Waals surface area contributed by atoms with Crippen molar-refractivity contribution in [2.24, 2.45) is 5.92 Å². The third-order valence-corrected chi connectivity index (χ3v) is 4.84. The fourth-order valence-corrected chi connectivity index (χ4v) is 3.89. The van der Waals surface area contributed by atoms with E-state index in [1.807, 2.05) is 0 Å². The van der Waals surface area contributed by atoms with Crippen molar-refractivity contribution in [3.05, 3.63) is 0 Å². The maximum atomic E-state index is 12.5. The summed E-state index contributed by atoms with van der Waals surface area (Å²) in [6.07, 6.45) is 10.0. The van der Waals surface area contributed by atoms with E-state index < -0.39 is 0 Å². The summed E-state index contributed by atoms with van der Waals surface area (Å²) in [4.78, 5) is 14.6. The van der Waals surface area contributed by atoms with Gasteiger partial charge in [-0.05, 0) is 38.0 Å². The van der Waals surface area contributed by atoms with Crippen molar-refractivity contribution in [1.82, 2.24) is 8.43 Å². The lowest BCUT2D eigenvalue weighted by molar-refractivity contribution is -0.135. The molecule has 1 atom stereocenters. The Hall–Kier alpha value is 0.160. The van der Waals surface area contributed by atoms with Gasteiger partial charge in [-0.15, -0.1) is 0 Å². The zero-order chi connectivity index (χ0) is 12.1. The standard InChI is InChI=1S/C13H23IN2O/c14-15-12(11-7-3-1-4-8-11)13(17)16-9-5-2-6-10-16/h11-12,15H,1-10H2/t12-/m0/s1. The van der Waals surface area contributed by atoms with Gasteiger partial charge in [0, 0.05) is 36.0 Å². The number of nitrogens with zero attached hydrogens (tertiary/aromatic N) is 1. The molecule has 98 valence electrons. The van der Waals surface area contributed by atoms with Crippen molar-refractivity contribution >= 4 is 28.8 Å². The summed E-state index contributed by atoms with van der Waals surface area (Å²) in [6, 6.07) is 0.0639. The van der Waals surface area contributed by atoms with Crippen LogP contribution in [0.2, 0.25) is 0 Å². The Morgan fingerprint density at radius 2 is 1.65 bits per heavy atom. The van der Waals surface area contributed by atoms with Gasteiger partial charge in [-0.2, -0.15) is 0 Å². The third kappa shape index (κ3) is 3.56. The normalized spacial score (nSPS) is 24.6. The molecule has 0 bridgehead atoms. The Balaban J connectivity index is 1.93. The van der Waals surface area contributed by atoms with Crippen LogP contribution in [-0.2, 0) is 4.79 Å². The second kappa shape index (κ2) is 6.92. The van der Waals surface area contributed by atoms with Crippen LogP contribution in [-0.4, -0.2) is 29.9 Å². The topological polar surface area (TPSA) is 32.3 Å². The summed E-state index contributed by atoms with van der Waals surface area (Å²) in [5, 5.41) is 0. The minimum absolute atomic E-state index is 0.0639. The Bertz CT molecular complexity index is 248. The number of nitrogens with one attached hydrogen (secondary N) is 1. The second-order valence-corrected chi connectivity index (χ2v) is 5.99. The molecule has 1 amide bonds. The summed E-state index contributed by atoms with van der Waals surface area (Å²) in [5.41, 5.74) is 0. The van der Waals surface area contributed by atoms with Crippen LogP contribution in [0.25, 0.3) is 0 Å². The average Bonchev–Trinajstić information content (AvgIpc) is 2.42. The summed E-state index contributed by atoms with van der Waals surface area (Å²) in [5.74, 6) is 0.918. The number of likely N-dealkylation sites (tertiary alicyclic amines) is 1. The number of piperidine rings is 1. The summed E-state index contributed by atoms with van der Waals surface area (Å²) >= 11 is 2.17. The van der Waals surface area contributed by atoms with Gasteiger partial charge < -0.3 is 4.90 Å². The molecule has 17 heavy (non-hydrogen) atoms. The molecule has 0 spiro atoms. The first kappa shape index (κ1) is 13.6. The highest BCUT2D eigenvalue weighted by Gasteiger charge is 2.32.